The number of amides is 1. The smallest absolute Gasteiger partial charge is 0.256 e. The van der Waals surface area contributed by atoms with Crippen LogP contribution in [0.25, 0.3) is 11.3 Å². The molecule has 1 saturated carbocycles. The van der Waals surface area contributed by atoms with E-state index in [2.05, 4.69) is 15.5 Å². The molecule has 2 aromatic carbocycles. The fourth-order valence-corrected chi connectivity index (χ4v) is 3.71. The number of aliphatic imine (C=N–C) groups is 1. The average Bonchev–Trinajstić information content (AvgIpc) is 3.46. The van der Waals surface area contributed by atoms with E-state index in [1.807, 2.05) is 12.1 Å². The molecule has 31 heavy (non-hydrogen) atoms. The van der Waals surface area contributed by atoms with E-state index < -0.39 is 0 Å². The van der Waals surface area contributed by atoms with Crippen molar-refractivity contribution in [1.29, 1.82) is 5.26 Å². The van der Waals surface area contributed by atoms with Gasteiger partial charge in [-0.1, -0.05) is 18.9 Å². The van der Waals surface area contributed by atoms with Crippen molar-refractivity contribution in [2.45, 2.75) is 38.1 Å². The van der Waals surface area contributed by atoms with Gasteiger partial charge in [-0.25, -0.2) is 4.39 Å². The SMILES string of the molecule is N#Cc1cccc(C(=O)NC(Cc2cc(-c3ccc(F)cc3)n[nH]2)=NC2CCCC2)c1. The third-order valence-electron chi connectivity index (χ3n) is 5.30. The number of amidine groups is 1. The van der Waals surface area contributed by atoms with Gasteiger partial charge in [-0.05, 0) is 61.4 Å². The molecule has 1 aliphatic carbocycles. The Morgan fingerprint density at radius 1 is 1.19 bits per heavy atom. The summed E-state index contributed by atoms with van der Waals surface area (Å²) in [6.07, 6.45) is 4.67. The Morgan fingerprint density at radius 2 is 1.97 bits per heavy atom. The lowest BCUT2D eigenvalue weighted by atomic mass is 10.1. The summed E-state index contributed by atoms with van der Waals surface area (Å²) in [5.41, 5.74) is 3.13. The summed E-state index contributed by atoms with van der Waals surface area (Å²) in [5.74, 6) is -0.0330. The lowest BCUT2D eigenvalue weighted by molar-refractivity contribution is 0.0976. The van der Waals surface area contributed by atoms with Gasteiger partial charge in [0.1, 0.15) is 11.7 Å². The van der Waals surface area contributed by atoms with Crippen LogP contribution in [0.4, 0.5) is 4.39 Å². The zero-order valence-electron chi connectivity index (χ0n) is 16.9. The predicted molar refractivity (Wildman–Crippen MR) is 116 cm³/mol. The largest absolute Gasteiger partial charge is 0.310 e. The Hall–Kier alpha value is -3.79. The van der Waals surface area contributed by atoms with Crippen LogP contribution in [-0.2, 0) is 6.42 Å². The van der Waals surface area contributed by atoms with Crippen LogP contribution >= 0.6 is 0 Å². The number of halogens is 1. The first-order valence-corrected chi connectivity index (χ1v) is 10.3. The van der Waals surface area contributed by atoms with Crippen LogP contribution in [0.5, 0.6) is 0 Å². The van der Waals surface area contributed by atoms with Gasteiger partial charge in [0.25, 0.3) is 5.91 Å². The minimum absolute atomic E-state index is 0.195. The molecule has 2 N–H and O–H groups in total. The normalized spacial score (nSPS) is 14.4. The molecule has 1 amide bonds. The standard InChI is InChI=1S/C24H22FN5O/c25-19-10-8-17(9-11-19)22-13-21(29-30-22)14-23(27-20-6-1-2-7-20)28-24(31)18-5-3-4-16(12-18)15-26/h3-5,8-13,20H,1-2,6-7,14H2,(H,29,30)(H,27,28,31). The predicted octanol–water partition coefficient (Wildman–Crippen LogP) is 4.40. The molecule has 0 unspecified atom stereocenters. The maximum absolute atomic E-state index is 13.2. The molecule has 156 valence electrons. The Bertz CT molecular complexity index is 1140. The fraction of sp³-hybridized carbons (Fsp3) is 0.250. The highest BCUT2D eigenvalue weighted by Crippen LogP contribution is 2.22. The second-order valence-electron chi connectivity index (χ2n) is 7.62. The molecule has 1 heterocycles. The number of carbonyl (C=O) groups excluding carboxylic acids is 1. The number of benzene rings is 2. The van der Waals surface area contributed by atoms with Gasteiger partial charge in [0.2, 0.25) is 0 Å². The van der Waals surface area contributed by atoms with E-state index >= 15 is 0 Å². The number of aromatic nitrogens is 2. The van der Waals surface area contributed by atoms with E-state index in [4.69, 9.17) is 10.3 Å². The number of H-pyrrole nitrogens is 1. The third kappa shape index (κ3) is 5.23. The molecule has 1 aromatic heterocycles. The van der Waals surface area contributed by atoms with Gasteiger partial charge in [-0.2, -0.15) is 10.4 Å². The van der Waals surface area contributed by atoms with Crippen molar-refractivity contribution in [3.8, 4) is 17.3 Å². The molecular weight excluding hydrogens is 393 g/mol. The molecule has 0 saturated heterocycles. The summed E-state index contributed by atoms with van der Waals surface area (Å²) in [5, 5.41) is 19.3. The number of aromatic amines is 1. The summed E-state index contributed by atoms with van der Waals surface area (Å²) < 4.78 is 13.2. The number of nitrogens with zero attached hydrogens (tertiary/aromatic N) is 3. The van der Waals surface area contributed by atoms with Gasteiger partial charge in [0.05, 0.1) is 23.4 Å². The van der Waals surface area contributed by atoms with Crippen LogP contribution in [0.15, 0.2) is 59.6 Å². The number of rotatable bonds is 5. The van der Waals surface area contributed by atoms with Crippen molar-refractivity contribution >= 4 is 11.7 Å². The van der Waals surface area contributed by atoms with Crippen molar-refractivity contribution in [1.82, 2.24) is 15.5 Å². The molecule has 7 heteroatoms. The molecule has 0 atom stereocenters. The van der Waals surface area contributed by atoms with Crippen molar-refractivity contribution in [3.05, 3.63) is 77.2 Å². The van der Waals surface area contributed by atoms with Crippen LogP contribution in [-0.4, -0.2) is 28.0 Å². The number of nitriles is 1. The molecule has 0 radical (unpaired) electrons. The molecule has 0 spiro atoms. The monoisotopic (exact) mass is 415 g/mol. The van der Waals surface area contributed by atoms with Crippen molar-refractivity contribution in [3.63, 3.8) is 0 Å². The number of hydrogen-bond donors (Lipinski definition) is 2. The van der Waals surface area contributed by atoms with Crippen LogP contribution < -0.4 is 5.32 Å². The number of carbonyl (C=O) groups is 1. The van der Waals surface area contributed by atoms with Crippen LogP contribution in [0, 0.1) is 17.1 Å². The maximum atomic E-state index is 13.2. The molecule has 1 aliphatic rings. The molecule has 4 rings (SSSR count). The van der Waals surface area contributed by atoms with Crippen molar-refractivity contribution < 1.29 is 9.18 Å². The van der Waals surface area contributed by atoms with E-state index in [-0.39, 0.29) is 17.8 Å². The van der Waals surface area contributed by atoms with Crippen LogP contribution in [0.1, 0.15) is 47.3 Å². The summed E-state index contributed by atoms with van der Waals surface area (Å²) in [6.45, 7) is 0. The van der Waals surface area contributed by atoms with E-state index in [1.54, 1.807) is 36.4 Å². The lowest BCUT2D eigenvalue weighted by Gasteiger charge is -2.11. The topological polar surface area (TPSA) is 93.9 Å². The quantitative estimate of drug-likeness (QED) is 0.478. The van der Waals surface area contributed by atoms with E-state index in [0.717, 1.165) is 36.9 Å². The minimum Gasteiger partial charge on any atom is -0.310 e. The minimum atomic E-state index is -0.299. The van der Waals surface area contributed by atoms with Gasteiger partial charge in [-0.3, -0.25) is 14.9 Å². The van der Waals surface area contributed by atoms with Crippen molar-refractivity contribution in [2.24, 2.45) is 4.99 Å². The zero-order valence-corrected chi connectivity index (χ0v) is 16.9. The van der Waals surface area contributed by atoms with E-state index in [9.17, 15) is 9.18 Å². The lowest BCUT2D eigenvalue weighted by Crippen LogP contribution is -2.33. The second-order valence-corrected chi connectivity index (χ2v) is 7.62. The molecule has 3 aromatic rings. The molecule has 0 aliphatic heterocycles. The van der Waals surface area contributed by atoms with E-state index in [1.165, 1.54) is 12.1 Å². The average molecular weight is 415 g/mol. The fourth-order valence-electron chi connectivity index (χ4n) is 3.71. The summed E-state index contributed by atoms with van der Waals surface area (Å²) in [7, 11) is 0. The van der Waals surface area contributed by atoms with Gasteiger partial charge >= 0.3 is 0 Å². The van der Waals surface area contributed by atoms with Gasteiger partial charge in [-0.15, -0.1) is 0 Å². The molecule has 0 bridgehead atoms. The molecular formula is C24H22FN5O. The Balaban J connectivity index is 1.53. The Kier molecular flexibility index (Phi) is 6.18. The van der Waals surface area contributed by atoms with Crippen LogP contribution in [0.2, 0.25) is 0 Å². The first-order chi connectivity index (χ1) is 15.1. The molecule has 6 nitrogen and oxygen atoms in total. The first kappa shape index (κ1) is 20.5. The van der Waals surface area contributed by atoms with Gasteiger partial charge in [0, 0.05) is 23.2 Å². The number of nitrogens with one attached hydrogen (secondary N) is 2. The second kappa shape index (κ2) is 9.35. The summed E-state index contributed by atoms with van der Waals surface area (Å²) in [4.78, 5) is 17.6. The Labute approximate surface area is 179 Å². The highest BCUT2D eigenvalue weighted by atomic mass is 19.1. The summed E-state index contributed by atoms with van der Waals surface area (Å²) in [6, 6.07) is 16.8. The maximum Gasteiger partial charge on any atom is 0.256 e. The first-order valence-electron chi connectivity index (χ1n) is 10.3. The van der Waals surface area contributed by atoms with Gasteiger partial charge < -0.3 is 5.32 Å². The summed E-state index contributed by atoms with van der Waals surface area (Å²) >= 11 is 0. The van der Waals surface area contributed by atoms with Crippen LogP contribution in [0.3, 0.4) is 0 Å². The van der Waals surface area contributed by atoms with Crippen molar-refractivity contribution in [2.75, 3.05) is 0 Å². The Morgan fingerprint density at radius 3 is 2.71 bits per heavy atom. The zero-order chi connectivity index (χ0) is 21.6. The highest BCUT2D eigenvalue weighted by Gasteiger charge is 2.18. The van der Waals surface area contributed by atoms with Gasteiger partial charge in [0.15, 0.2) is 0 Å². The van der Waals surface area contributed by atoms with E-state index in [0.29, 0.717) is 29.1 Å². The molecule has 1 fully saturated rings. The highest BCUT2D eigenvalue weighted by molar-refractivity contribution is 6.07. The number of hydrogen-bond acceptors (Lipinski definition) is 4. The third-order valence-corrected chi connectivity index (χ3v) is 5.30.